The van der Waals surface area contributed by atoms with E-state index in [-0.39, 0.29) is 5.97 Å². The molecule has 11 rings (SSSR count). The molecule has 232 valence electrons. The quantitative estimate of drug-likeness (QED) is 0.121. The van der Waals surface area contributed by atoms with Gasteiger partial charge in [0.05, 0.1) is 0 Å². The summed E-state index contributed by atoms with van der Waals surface area (Å²) >= 11 is 0. The summed E-state index contributed by atoms with van der Waals surface area (Å²) in [5.41, 5.74) is 24.2. The van der Waals surface area contributed by atoms with Crippen molar-refractivity contribution in [1.82, 2.24) is 0 Å². The average molecular weight is 613 g/mol. The number of benzene rings is 4. The Hall–Kier alpha value is -5.53. The summed E-state index contributed by atoms with van der Waals surface area (Å²) in [5, 5.41) is 0. The highest BCUT2D eigenvalue weighted by atomic mass is 16.6. The molecule has 0 saturated heterocycles. The highest BCUT2D eigenvalue weighted by Gasteiger charge is 2.28. The minimum Gasteiger partial charge on any atom is -0.442 e. The van der Waals surface area contributed by atoms with Crippen LogP contribution in [0.4, 0.5) is 0 Å². The smallest absolute Gasteiger partial charge is 0.304 e. The lowest BCUT2D eigenvalue weighted by Gasteiger charge is -2.24. The molecule has 0 amide bonds. The van der Waals surface area contributed by atoms with Gasteiger partial charge in [-0.2, -0.15) is 0 Å². The van der Waals surface area contributed by atoms with Gasteiger partial charge in [0, 0.05) is 18.1 Å². The van der Waals surface area contributed by atoms with Crippen LogP contribution < -0.4 is 0 Å². The summed E-state index contributed by atoms with van der Waals surface area (Å²) in [6.45, 7) is 15.8. The molecule has 0 spiro atoms. The van der Waals surface area contributed by atoms with Crippen LogP contribution in [-0.4, -0.2) is 5.97 Å². The standard InChI is InChI=1S/C45H40O2/c1-30-27-31(2)39-13-15-40(16-14-39)32(3)28-33(4)41-17-19-42(20-18-41)34(5)29-35(6)43-21-23-44(24-22-43)45(8,47-36(7)46)26-25-37-9-11-38(30)12-10-37/h9-24H,1-8H3. The Morgan fingerprint density at radius 2 is 0.766 bits per heavy atom. The van der Waals surface area contributed by atoms with Crippen LogP contribution in [0.15, 0.2) is 114 Å². The molecule has 1 atom stereocenters. The maximum absolute atomic E-state index is 12.2. The van der Waals surface area contributed by atoms with E-state index in [1.54, 1.807) is 0 Å². The third-order valence-corrected chi connectivity index (χ3v) is 8.61. The summed E-state index contributed by atoms with van der Waals surface area (Å²) in [4.78, 5) is 12.2. The molecule has 0 N–H and O–H groups in total. The van der Waals surface area contributed by atoms with Crippen molar-refractivity contribution in [2.45, 2.75) is 61.0 Å². The van der Waals surface area contributed by atoms with Crippen molar-refractivity contribution >= 4 is 39.4 Å². The number of hydrogen-bond acceptors (Lipinski definition) is 2. The Morgan fingerprint density at radius 3 is 1.06 bits per heavy atom. The number of hydrogen-bond donors (Lipinski definition) is 0. The van der Waals surface area contributed by atoms with Gasteiger partial charge in [-0.15, -0.1) is 17.2 Å². The van der Waals surface area contributed by atoms with E-state index in [0.29, 0.717) is 0 Å². The zero-order chi connectivity index (χ0) is 33.7. The molecule has 8 bridgehead atoms. The van der Waals surface area contributed by atoms with Gasteiger partial charge in [-0.05, 0) is 133 Å². The van der Waals surface area contributed by atoms with Crippen LogP contribution in [0, 0.1) is 11.8 Å². The maximum Gasteiger partial charge on any atom is 0.304 e. The van der Waals surface area contributed by atoms with Crippen molar-refractivity contribution in [2.24, 2.45) is 0 Å². The second-order valence-corrected chi connectivity index (χ2v) is 12.3. The molecular formula is C45H40O2. The second kappa shape index (κ2) is 13.8. The predicted molar refractivity (Wildman–Crippen MR) is 197 cm³/mol. The zero-order valence-corrected chi connectivity index (χ0v) is 28.6. The molecule has 0 aromatic heterocycles. The third kappa shape index (κ3) is 7.83. The molecule has 2 heteroatoms. The first-order valence-electron chi connectivity index (χ1n) is 15.9. The van der Waals surface area contributed by atoms with Crippen molar-refractivity contribution in [2.75, 3.05) is 0 Å². The average Bonchev–Trinajstić information content (AvgIpc) is 3.07. The SMILES string of the molecule is CC(=O)OC1(C)C#Cc2ccc(cc2)C(C)=C=C(C)c2ccc(cc2)C(C)=C=C(C)c2ccc(cc2)C(C)=C=C(C)c2ccc1cc2. The van der Waals surface area contributed by atoms with Crippen molar-refractivity contribution in [1.29, 1.82) is 0 Å². The molecule has 1 unspecified atom stereocenters. The molecule has 0 radical (unpaired) electrons. The Bertz CT molecular complexity index is 2100. The van der Waals surface area contributed by atoms with Gasteiger partial charge in [-0.1, -0.05) is 90.8 Å². The summed E-state index contributed by atoms with van der Waals surface area (Å²) < 4.78 is 5.80. The van der Waals surface area contributed by atoms with Crippen LogP contribution in [0.5, 0.6) is 0 Å². The van der Waals surface area contributed by atoms with E-state index < -0.39 is 5.60 Å². The molecule has 0 fully saturated rings. The number of esters is 1. The number of allylic oxidation sites excluding steroid dienone is 3. The Balaban J connectivity index is 1.66. The fourth-order valence-corrected chi connectivity index (χ4v) is 5.69. The lowest BCUT2D eigenvalue weighted by atomic mass is 9.93. The Kier molecular flexibility index (Phi) is 9.68. The zero-order valence-electron chi connectivity index (χ0n) is 28.6. The molecule has 0 aliphatic heterocycles. The van der Waals surface area contributed by atoms with Crippen LogP contribution in [-0.2, 0) is 15.1 Å². The fraction of sp³-hybridized carbons (Fsp3) is 0.200. The maximum atomic E-state index is 12.2. The minimum absolute atomic E-state index is 0.387. The first kappa shape index (κ1) is 32.9. The lowest BCUT2D eigenvalue weighted by molar-refractivity contribution is -0.151. The summed E-state index contributed by atoms with van der Waals surface area (Å²) in [6, 6.07) is 33.2. The van der Waals surface area contributed by atoms with Gasteiger partial charge in [0.25, 0.3) is 0 Å². The van der Waals surface area contributed by atoms with Gasteiger partial charge in [0.15, 0.2) is 5.60 Å². The molecule has 2 nitrogen and oxygen atoms in total. The molecule has 47 heavy (non-hydrogen) atoms. The van der Waals surface area contributed by atoms with Gasteiger partial charge in [-0.3, -0.25) is 4.79 Å². The van der Waals surface area contributed by atoms with Crippen LogP contribution in [0.25, 0.3) is 33.4 Å². The van der Waals surface area contributed by atoms with Gasteiger partial charge >= 0.3 is 5.97 Å². The van der Waals surface area contributed by atoms with E-state index in [0.717, 1.165) is 77.9 Å². The van der Waals surface area contributed by atoms with E-state index in [1.807, 2.05) is 43.3 Å². The summed E-state index contributed by atoms with van der Waals surface area (Å²) in [6.07, 6.45) is 0. The van der Waals surface area contributed by atoms with E-state index in [4.69, 9.17) is 4.74 Å². The van der Waals surface area contributed by atoms with Gasteiger partial charge in [0.1, 0.15) is 0 Å². The lowest BCUT2D eigenvalue weighted by Crippen LogP contribution is -2.26. The second-order valence-electron chi connectivity index (χ2n) is 12.3. The molecular weight excluding hydrogens is 572 g/mol. The van der Waals surface area contributed by atoms with Crippen LogP contribution >= 0.6 is 0 Å². The normalized spacial score (nSPS) is 16.4. The molecule has 7 aliphatic rings. The van der Waals surface area contributed by atoms with Crippen molar-refractivity contribution in [3.8, 4) is 11.8 Å². The number of carbonyl (C=O) groups excluding carboxylic acids is 1. The van der Waals surface area contributed by atoms with Crippen LogP contribution in [0.2, 0.25) is 0 Å². The Labute approximate surface area is 279 Å². The van der Waals surface area contributed by atoms with Crippen molar-refractivity contribution in [3.63, 3.8) is 0 Å². The van der Waals surface area contributed by atoms with Gasteiger partial charge in [-0.25, -0.2) is 0 Å². The molecule has 4 aromatic carbocycles. The molecule has 0 heterocycles. The van der Waals surface area contributed by atoms with Crippen LogP contribution in [0.1, 0.15) is 99.9 Å². The predicted octanol–water partition coefficient (Wildman–Crippen LogP) is 11.1. The van der Waals surface area contributed by atoms with E-state index in [1.165, 1.54) is 6.92 Å². The highest BCUT2D eigenvalue weighted by Crippen LogP contribution is 2.28. The first-order valence-corrected chi connectivity index (χ1v) is 15.9. The van der Waals surface area contributed by atoms with Gasteiger partial charge in [0.2, 0.25) is 0 Å². The van der Waals surface area contributed by atoms with Gasteiger partial charge < -0.3 is 4.74 Å². The van der Waals surface area contributed by atoms with E-state index in [9.17, 15) is 4.79 Å². The van der Waals surface area contributed by atoms with Crippen molar-refractivity contribution in [3.05, 3.63) is 159 Å². The molecule has 4 aromatic rings. The van der Waals surface area contributed by atoms with Crippen LogP contribution in [0.3, 0.4) is 0 Å². The molecule has 7 aliphatic carbocycles. The number of rotatable bonds is 1. The monoisotopic (exact) mass is 612 g/mol. The first-order chi connectivity index (χ1) is 22.4. The Morgan fingerprint density at radius 1 is 0.489 bits per heavy atom. The molecule has 0 saturated carbocycles. The van der Waals surface area contributed by atoms with E-state index >= 15 is 0 Å². The van der Waals surface area contributed by atoms with E-state index in [2.05, 4.69) is 131 Å². The largest absolute Gasteiger partial charge is 0.442 e. The summed E-state index contributed by atoms with van der Waals surface area (Å²) in [7, 11) is 0. The topological polar surface area (TPSA) is 26.3 Å². The number of ether oxygens (including phenoxy) is 1. The third-order valence-electron chi connectivity index (χ3n) is 8.61. The highest BCUT2D eigenvalue weighted by molar-refractivity contribution is 5.78. The minimum atomic E-state index is -1.11. The fourth-order valence-electron chi connectivity index (χ4n) is 5.69. The number of carbonyl (C=O) groups is 1. The summed E-state index contributed by atoms with van der Waals surface area (Å²) in [5.74, 6) is 6.09. The van der Waals surface area contributed by atoms with Crippen molar-refractivity contribution < 1.29 is 9.53 Å².